The van der Waals surface area contributed by atoms with Crippen LogP contribution < -0.4 is 5.32 Å². The maximum Gasteiger partial charge on any atom is 0.306 e. The average molecular weight is 944 g/mol. The molecule has 1 aliphatic heterocycles. The zero-order valence-electron chi connectivity index (χ0n) is 42.2. The predicted octanol–water partition coefficient (Wildman–Crippen LogP) is 11.3. The van der Waals surface area contributed by atoms with Crippen LogP contribution in [0.25, 0.3) is 0 Å². The highest BCUT2D eigenvalue weighted by Gasteiger charge is 2.47. The Morgan fingerprint density at radius 2 is 1.13 bits per heavy atom. The number of aliphatic hydroxyl groups is 5. The third kappa shape index (κ3) is 33.3. The van der Waals surface area contributed by atoms with Crippen molar-refractivity contribution in [1.82, 2.24) is 5.32 Å². The molecule has 386 valence electrons. The maximum absolute atomic E-state index is 13.3. The molecule has 0 spiro atoms. The molecule has 11 heteroatoms. The monoisotopic (exact) mass is 944 g/mol. The molecule has 67 heavy (non-hydrogen) atoms. The Labute approximate surface area is 407 Å². The first kappa shape index (κ1) is 62.1. The zero-order chi connectivity index (χ0) is 49.0. The molecule has 1 heterocycles. The molecule has 0 radical (unpaired) electrons. The lowest BCUT2D eigenvalue weighted by atomic mass is 9.99. The molecule has 1 fully saturated rings. The van der Waals surface area contributed by atoms with Crippen molar-refractivity contribution in [2.45, 2.75) is 256 Å². The van der Waals surface area contributed by atoms with Gasteiger partial charge in [-0.3, -0.25) is 9.59 Å². The Hall–Kier alpha value is -2.90. The number of unbranched alkanes of at least 4 members (excludes halogenated alkanes) is 21. The average Bonchev–Trinajstić information content (AvgIpc) is 3.32. The summed E-state index contributed by atoms with van der Waals surface area (Å²) in [5.41, 5.74) is 0. The highest BCUT2D eigenvalue weighted by Crippen LogP contribution is 2.26. The highest BCUT2D eigenvalue weighted by atomic mass is 16.7. The molecular formula is C56H97NO10. The number of hydrogen-bond acceptors (Lipinski definition) is 10. The summed E-state index contributed by atoms with van der Waals surface area (Å²) in [5.74, 6) is -1.29. The van der Waals surface area contributed by atoms with E-state index in [-0.39, 0.29) is 19.4 Å². The van der Waals surface area contributed by atoms with E-state index in [0.717, 1.165) is 83.5 Å². The SMILES string of the molecule is CC/C=C/C=C/C=C/CCCCCCCCC(O)C(=O)NC(COC1OC(CO)C(O)C(O)C1OC(=O)CC/C=C/C/C=C\CCCCCCCC)C(O)/C=C/CCCCCCCCCCC. The van der Waals surface area contributed by atoms with E-state index in [1.54, 1.807) is 6.08 Å². The van der Waals surface area contributed by atoms with Gasteiger partial charge in [0.05, 0.1) is 25.4 Å². The van der Waals surface area contributed by atoms with E-state index in [9.17, 15) is 35.1 Å². The van der Waals surface area contributed by atoms with Crippen LogP contribution in [0, 0.1) is 0 Å². The second-order valence-electron chi connectivity index (χ2n) is 18.3. The van der Waals surface area contributed by atoms with Gasteiger partial charge in [-0.15, -0.1) is 0 Å². The number of amides is 1. The molecule has 0 saturated carbocycles. The fraction of sp³-hybridized carbons (Fsp3) is 0.750. The van der Waals surface area contributed by atoms with E-state index in [0.29, 0.717) is 12.8 Å². The molecule has 6 N–H and O–H groups in total. The second kappa shape index (κ2) is 44.3. The van der Waals surface area contributed by atoms with Crippen LogP contribution in [0.2, 0.25) is 0 Å². The van der Waals surface area contributed by atoms with Gasteiger partial charge in [0.25, 0.3) is 0 Å². The Kier molecular flexibility index (Phi) is 41.1. The number of allylic oxidation sites excluding steroid dienone is 11. The molecule has 0 aliphatic carbocycles. The lowest BCUT2D eigenvalue weighted by molar-refractivity contribution is -0.305. The van der Waals surface area contributed by atoms with Crippen LogP contribution in [-0.2, 0) is 23.8 Å². The Morgan fingerprint density at radius 1 is 0.612 bits per heavy atom. The first-order chi connectivity index (χ1) is 32.7. The highest BCUT2D eigenvalue weighted by molar-refractivity contribution is 5.80. The molecular weight excluding hydrogens is 847 g/mol. The summed E-state index contributed by atoms with van der Waals surface area (Å²) in [7, 11) is 0. The van der Waals surface area contributed by atoms with Gasteiger partial charge in [-0.05, 0) is 64.2 Å². The molecule has 0 bridgehead atoms. The van der Waals surface area contributed by atoms with Crippen LogP contribution in [0.15, 0.2) is 72.9 Å². The molecule has 8 unspecified atom stereocenters. The number of hydrogen-bond donors (Lipinski definition) is 6. The third-order valence-corrected chi connectivity index (χ3v) is 12.2. The quantitative estimate of drug-likeness (QED) is 0.0149. The van der Waals surface area contributed by atoms with Crippen molar-refractivity contribution < 1.29 is 49.3 Å². The molecule has 1 amide bonds. The van der Waals surface area contributed by atoms with E-state index < -0.39 is 67.4 Å². The van der Waals surface area contributed by atoms with E-state index in [4.69, 9.17) is 14.2 Å². The maximum atomic E-state index is 13.3. The van der Waals surface area contributed by atoms with Crippen LogP contribution in [0.1, 0.15) is 207 Å². The van der Waals surface area contributed by atoms with Crippen molar-refractivity contribution in [1.29, 1.82) is 0 Å². The van der Waals surface area contributed by atoms with Crippen LogP contribution in [0.3, 0.4) is 0 Å². The van der Waals surface area contributed by atoms with Gasteiger partial charge >= 0.3 is 5.97 Å². The molecule has 1 saturated heterocycles. The topological polar surface area (TPSA) is 175 Å². The molecule has 0 aromatic rings. The largest absolute Gasteiger partial charge is 0.454 e. The molecule has 11 nitrogen and oxygen atoms in total. The van der Waals surface area contributed by atoms with Crippen molar-refractivity contribution in [3.63, 3.8) is 0 Å². The summed E-state index contributed by atoms with van der Waals surface area (Å²) in [5, 5.41) is 56.6. The number of esters is 1. The standard InChI is InChI=1S/C56H97NO10/c1-4-7-10-13-16-19-22-24-26-28-31-34-37-40-43-49(60)55(64)57-47(48(59)42-39-36-33-30-27-21-18-15-12-9-6-3)46-65-56-54(53(63)52(62)50(45-58)66-56)67-51(61)44-41-38-35-32-29-25-23-20-17-14-11-8-5-2/h7,10,13,16,19,22,25,29,35,38-39,42,47-50,52-54,56,58-60,62-63H,4-6,8-9,11-12,14-15,17-18,20-21,23-24,26-28,30-34,36-37,40-41,43-46H2,1-3H3,(H,57,64)/b10-7+,16-13+,22-19+,29-25-,38-35+,42-39+. The number of carbonyl (C=O) groups is 2. The summed E-state index contributed by atoms with van der Waals surface area (Å²) in [6, 6.07) is -1.04. The Bertz CT molecular complexity index is 1360. The van der Waals surface area contributed by atoms with Gasteiger partial charge in [-0.1, -0.05) is 209 Å². The smallest absolute Gasteiger partial charge is 0.306 e. The normalized spacial score (nSPS) is 20.6. The van der Waals surface area contributed by atoms with Gasteiger partial charge < -0.3 is 45.1 Å². The molecule has 0 aromatic carbocycles. The minimum Gasteiger partial charge on any atom is -0.454 e. The Morgan fingerprint density at radius 3 is 1.72 bits per heavy atom. The van der Waals surface area contributed by atoms with Crippen molar-refractivity contribution in [2.24, 2.45) is 0 Å². The van der Waals surface area contributed by atoms with Crippen LogP contribution in [0.4, 0.5) is 0 Å². The fourth-order valence-electron chi connectivity index (χ4n) is 7.88. The molecule has 0 aromatic heterocycles. The number of carbonyl (C=O) groups excluding carboxylic acids is 2. The first-order valence-electron chi connectivity index (χ1n) is 26.7. The van der Waals surface area contributed by atoms with Crippen molar-refractivity contribution in [3.05, 3.63) is 72.9 Å². The second-order valence-corrected chi connectivity index (χ2v) is 18.3. The Balaban J connectivity index is 2.81. The predicted molar refractivity (Wildman–Crippen MR) is 273 cm³/mol. The zero-order valence-corrected chi connectivity index (χ0v) is 42.2. The van der Waals surface area contributed by atoms with Crippen molar-refractivity contribution >= 4 is 11.9 Å². The fourth-order valence-corrected chi connectivity index (χ4v) is 7.88. The third-order valence-electron chi connectivity index (χ3n) is 12.2. The van der Waals surface area contributed by atoms with Gasteiger partial charge in [-0.25, -0.2) is 0 Å². The summed E-state index contributed by atoms with van der Waals surface area (Å²) in [6.45, 7) is 5.57. The van der Waals surface area contributed by atoms with Gasteiger partial charge in [0.1, 0.15) is 24.4 Å². The van der Waals surface area contributed by atoms with E-state index in [2.05, 4.69) is 62.5 Å². The molecule has 1 aliphatic rings. The summed E-state index contributed by atoms with van der Waals surface area (Å²) < 4.78 is 17.4. The van der Waals surface area contributed by atoms with E-state index in [1.165, 1.54) is 77.0 Å². The molecule has 1 rings (SSSR count). The minimum absolute atomic E-state index is 0.0136. The first-order valence-corrected chi connectivity index (χ1v) is 26.7. The van der Waals surface area contributed by atoms with Gasteiger partial charge in [0.15, 0.2) is 12.4 Å². The summed E-state index contributed by atoms with van der Waals surface area (Å²) in [6.07, 6.45) is 44.0. The summed E-state index contributed by atoms with van der Waals surface area (Å²) >= 11 is 0. The minimum atomic E-state index is -1.64. The van der Waals surface area contributed by atoms with Crippen molar-refractivity contribution in [3.8, 4) is 0 Å². The lowest BCUT2D eigenvalue weighted by Crippen LogP contribution is -2.61. The van der Waals surface area contributed by atoms with Crippen molar-refractivity contribution in [2.75, 3.05) is 13.2 Å². The van der Waals surface area contributed by atoms with Gasteiger partial charge in [0.2, 0.25) is 5.91 Å². The number of aliphatic hydroxyl groups excluding tert-OH is 5. The number of nitrogens with one attached hydrogen (secondary N) is 1. The van der Waals surface area contributed by atoms with Crippen LogP contribution >= 0.6 is 0 Å². The molecule has 8 atom stereocenters. The lowest BCUT2D eigenvalue weighted by Gasteiger charge is -2.41. The van der Waals surface area contributed by atoms with Gasteiger partial charge in [-0.2, -0.15) is 0 Å². The van der Waals surface area contributed by atoms with Crippen LogP contribution in [-0.4, -0.2) is 99.6 Å². The number of ether oxygens (including phenoxy) is 3. The van der Waals surface area contributed by atoms with E-state index >= 15 is 0 Å². The van der Waals surface area contributed by atoms with Crippen LogP contribution in [0.5, 0.6) is 0 Å². The van der Waals surface area contributed by atoms with Gasteiger partial charge in [0, 0.05) is 6.42 Å². The number of rotatable bonds is 43. The summed E-state index contributed by atoms with van der Waals surface area (Å²) in [4.78, 5) is 26.3. The van der Waals surface area contributed by atoms with E-state index in [1.807, 2.05) is 30.4 Å².